The number of carbonyl (C=O) groups excluding carboxylic acids is 1. The van der Waals surface area contributed by atoms with Gasteiger partial charge in [-0.25, -0.2) is 14.2 Å². The highest BCUT2D eigenvalue weighted by Crippen LogP contribution is 2.37. The Balaban J connectivity index is 1.77. The molecule has 0 radical (unpaired) electrons. The topological polar surface area (TPSA) is 79.3 Å². The minimum Gasteiger partial charge on any atom is -0.477 e. The molecule has 124 valence electrons. The Kier molecular flexibility index (Phi) is 4.55. The Morgan fingerprint density at radius 2 is 1.88 bits per heavy atom. The Hall–Kier alpha value is -2.76. The third kappa shape index (κ3) is 3.42. The number of pyridine rings is 1. The molecule has 1 aromatic heterocycles. The number of amides is 1. The van der Waals surface area contributed by atoms with Crippen LogP contribution in [0.1, 0.15) is 51.7 Å². The number of nitrogens with one attached hydrogen (secondary N) is 1. The zero-order valence-electron chi connectivity index (χ0n) is 12.9. The van der Waals surface area contributed by atoms with E-state index in [1.807, 2.05) is 0 Å². The van der Waals surface area contributed by atoms with Gasteiger partial charge in [0.1, 0.15) is 11.5 Å². The highest BCUT2D eigenvalue weighted by atomic mass is 19.1. The first-order valence-corrected chi connectivity index (χ1v) is 7.80. The van der Waals surface area contributed by atoms with Gasteiger partial charge in [0, 0.05) is 6.20 Å². The van der Waals surface area contributed by atoms with E-state index in [2.05, 4.69) is 10.3 Å². The molecule has 1 saturated carbocycles. The minimum atomic E-state index is -1.14. The molecule has 1 fully saturated rings. The van der Waals surface area contributed by atoms with E-state index in [-0.39, 0.29) is 23.5 Å². The Morgan fingerprint density at radius 3 is 2.38 bits per heavy atom. The summed E-state index contributed by atoms with van der Waals surface area (Å²) >= 11 is 0. The molecule has 0 saturated heterocycles. The van der Waals surface area contributed by atoms with Gasteiger partial charge in [-0.15, -0.1) is 0 Å². The lowest BCUT2D eigenvalue weighted by Crippen LogP contribution is -2.36. The monoisotopic (exact) mass is 328 g/mol. The van der Waals surface area contributed by atoms with Gasteiger partial charge < -0.3 is 10.4 Å². The van der Waals surface area contributed by atoms with Crippen molar-refractivity contribution in [1.82, 2.24) is 10.3 Å². The number of aromatic nitrogens is 1. The molecule has 2 aromatic rings. The van der Waals surface area contributed by atoms with Crippen LogP contribution in [0.3, 0.4) is 0 Å². The number of nitrogens with zero attached hydrogens (tertiary/aromatic N) is 1. The van der Waals surface area contributed by atoms with E-state index >= 15 is 0 Å². The fourth-order valence-electron chi connectivity index (χ4n) is 2.80. The molecule has 2 N–H and O–H groups in total. The SMILES string of the molecule is O=C(NC(c1ccc(F)cc1)C1CCC1)c1ccc(C(=O)O)nc1. The van der Waals surface area contributed by atoms with Crippen molar-refractivity contribution in [1.29, 1.82) is 0 Å². The van der Waals surface area contributed by atoms with Crippen LogP contribution in [0.2, 0.25) is 0 Å². The molecule has 3 rings (SSSR count). The maximum absolute atomic E-state index is 13.1. The molecular weight excluding hydrogens is 311 g/mol. The molecule has 1 aliphatic rings. The summed E-state index contributed by atoms with van der Waals surface area (Å²) in [5.74, 6) is -1.45. The maximum atomic E-state index is 13.1. The molecule has 24 heavy (non-hydrogen) atoms. The Labute approximate surface area is 138 Å². The summed E-state index contributed by atoms with van der Waals surface area (Å²) in [4.78, 5) is 27.0. The average molecular weight is 328 g/mol. The average Bonchev–Trinajstić information content (AvgIpc) is 2.53. The molecule has 1 aliphatic carbocycles. The summed E-state index contributed by atoms with van der Waals surface area (Å²) in [7, 11) is 0. The number of hydrogen-bond donors (Lipinski definition) is 2. The van der Waals surface area contributed by atoms with Gasteiger partial charge in [-0.3, -0.25) is 4.79 Å². The highest BCUT2D eigenvalue weighted by Gasteiger charge is 2.30. The first kappa shape index (κ1) is 16.1. The van der Waals surface area contributed by atoms with E-state index in [1.54, 1.807) is 12.1 Å². The second-order valence-corrected chi connectivity index (χ2v) is 5.93. The van der Waals surface area contributed by atoms with Crippen LogP contribution in [0.4, 0.5) is 4.39 Å². The van der Waals surface area contributed by atoms with Crippen LogP contribution in [0.5, 0.6) is 0 Å². The lowest BCUT2D eigenvalue weighted by molar-refractivity contribution is 0.0689. The summed E-state index contributed by atoms with van der Waals surface area (Å²) in [6, 6.07) is 8.69. The number of carbonyl (C=O) groups is 2. The molecule has 1 heterocycles. The van der Waals surface area contributed by atoms with E-state index < -0.39 is 5.97 Å². The fraction of sp³-hybridized carbons (Fsp3) is 0.278. The van der Waals surface area contributed by atoms with Gasteiger partial charge >= 0.3 is 5.97 Å². The number of carboxylic acid groups (broad SMARTS) is 1. The predicted molar refractivity (Wildman–Crippen MR) is 85.1 cm³/mol. The molecule has 5 nitrogen and oxygen atoms in total. The maximum Gasteiger partial charge on any atom is 0.354 e. The van der Waals surface area contributed by atoms with E-state index in [4.69, 9.17) is 5.11 Å². The minimum absolute atomic E-state index is 0.111. The molecule has 1 aromatic carbocycles. The summed E-state index contributed by atoms with van der Waals surface area (Å²) in [5.41, 5.74) is 1.05. The normalized spacial score (nSPS) is 15.4. The van der Waals surface area contributed by atoms with Crippen molar-refractivity contribution in [3.8, 4) is 0 Å². The Morgan fingerprint density at radius 1 is 1.17 bits per heavy atom. The summed E-state index contributed by atoms with van der Waals surface area (Å²) in [6.45, 7) is 0. The van der Waals surface area contributed by atoms with Gasteiger partial charge in [-0.2, -0.15) is 0 Å². The summed E-state index contributed by atoms with van der Waals surface area (Å²) < 4.78 is 13.1. The lowest BCUT2D eigenvalue weighted by Gasteiger charge is -2.34. The van der Waals surface area contributed by atoms with Gasteiger partial charge in [0.05, 0.1) is 11.6 Å². The number of halogens is 1. The number of benzene rings is 1. The molecule has 0 aliphatic heterocycles. The van der Waals surface area contributed by atoms with Crippen LogP contribution in [0, 0.1) is 11.7 Å². The van der Waals surface area contributed by atoms with Crippen molar-refractivity contribution in [3.05, 3.63) is 65.2 Å². The molecule has 0 bridgehead atoms. The van der Waals surface area contributed by atoms with E-state index in [9.17, 15) is 14.0 Å². The van der Waals surface area contributed by atoms with Gasteiger partial charge in [0.25, 0.3) is 5.91 Å². The molecule has 1 atom stereocenters. The van der Waals surface area contributed by atoms with Crippen molar-refractivity contribution >= 4 is 11.9 Å². The van der Waals surface area contributed by atoms with Gasteiger partial charge in [-0.05, 0) is 48.6 Å². The van der Waals surface area contributed by atoms with Crippen molar-refractivity contribution in [2.24, 2.45) is 5.92 Å². The van der Waals surface area contributed by atoms with E-state index in [0.29, 0.717) is 11.5 Å². The van der Waals surface area contributed by atoms with Crippen LogP contribution >= 0.6 is 0 Å². The number of hydrogen-bond acceptors (Lipinski definition) is 3. The van der Waals surface area contributed by atoms with Crippen LogP contribution < -0.4 is 5.32 Å². The largest absolute Gasteiger partial charge is 0.477 e. The number of aromatic carboxylic acids is 1. The van der Waals surface area contributed by atoms with Crippen molar-refractivity contribution in [2.45, 2.75) is 25.3 Å². The van der Waals surface area contributed by atoms with E-state index in [0.717, 1.165) is 24.8 Å². The molecular formula is C18H17FN2O3. The fourth-order valence-corrected chi connectivity index (χ4v) is 2.80. The first-order valence-electron chi connectivity index (χ1n) is 7.80. The van der Waals surface area contributed by atoms with E-state index in [1.165, 1.54) is 30.5 Å². The molecule has 6 heteroatoms. The molecule has 1 unspecified atom stereocenters. The van der Waals surface area contributed by atoms with Crippen LogP contribution in [-0.2, 0) is 0 Å². The van der Waals surface area contributed by atoms with Crippen molar-refractivity contribution in [3.63, 3.8) is 0 Å². The van der Waals surface area contributed by atoms with Crippen LogP contribution in [-0.4, -0.2) is 22.0 Å². The Bertz CT molecular complexity index is 740. The second-order valence-electron chi connectivity index (χ2n) is 5.93. The third-order valence-corrected chi connectivity index (χ3v) is 4.38. The van der Waals surface area contributed by atoms with Gasteiger partial charge in [0.15, 0.2) is 0 Å². The van der Waals surface area contributed by atoms with Crippen LogP contribution in [0.15, 0.2) is 42.6 Å². The zero-order valence-corrected chi connectivity index (χ0v) is 12.9. The number of carboxylic acids is 1. The van der Waals surface area contributed by atoms with Gasteiger partial charge in [-0.1, -0.05) is 18.6 Å². The van der Waals surface area contributed by atoms with Crippen molar-refractivity contribution in [2.75, 3.05) is 0 Å². The predicted octanol–water partition coefficient (Wildman–Crippen LogP) is 3.19. The summed E-state index contributed by atoms with van der Waals surface area (Å²) in [6.07, 6.45) is 4.39. The molecule has 1 amide bonds. The second kappa shape index (κ2) is 6.78. The summed E-state index contributed by atoms with van der Waals surface area (Å²) in [5, 5.41) is 11.8. The first-order chi connectivity index (χ1) is 11.5. The lowest BCUT2D eigenvalue weighted by atomic mass is 9.77. The number of rotatable bonds is 5. The standard InChI is InChI=1S/C18H17FN2O3/c19-14-7-4-12(5-8-14)16(11-2-1-3-11)21-17(22)13-6-9-15(18(23)24)20-10-13/h4-11,16H,1-3H2,(H,21,22)(H,23,24). The van der Waals surface area contributed by atoms with Gasteiger partial charge in [0.2, 0.25) is 0 Å². The zero-order chi connectivity index (χ0) is 17.1. The smallest absolute Gasteiger partial charge is 0.354 e. The quantitative estimate of drug-likeness (QED) is 0.883. The van der Waals surface area contributed by atoms with Crippen molar-refractivity contribution < 1.29 is 19.1 Å². The third-order valence-electron chi connectivity index (χ3n) is 4.38. The van der Waals surface area contributed by atoms with Crippen LogP contribution in [0.25, 0.3) is 0 Å². The molecule has 0 spiro atoms. The highest BCUT2D eigenvalue weighted by molar-refractivity contribution is 5.95.